The van der Waals surface area contributed by atoms with Crippen LogP contribution < -0.4 is 5.73 Å². The van der Waals surface area contributed by atoms with E-state index in [0.717, 1.165) is 5.82 Å². The molecule has 4 nitrogen and oxygen atoms in total. The van der Waals surface area contributed by atoms with Crippen molar-refractivity contribution < 1.29 is 9.18 Å². The first-order valence-electron chi connectivity index (χ1n) is 5.63. The van der Waals surface area contributed by atoms with Gasteiger partial charge in [-0.3, -0.25) is 4.79 Å². The van der Waals surface area contributed by atoms with Gasteiger partial charge in [-0.25, -0.2) is 9.37 Å². The number of aryl methyl sites for hydroxylation is 2. The second-order valence-electron chi connectivity index (χ2n) is 4.08. The summed E-state index contributed by atoms with van der Waals surface area (Å²) < 4.78 is 15.1. The molecule has 0 aliphatic carbocycles. The van der Waals surface area contributed by atoms with E-state index in [2.05, 4.69) is 4.98 Å². The lowest BCUT2D eigenvalue weighted by Crippen LogP contribution is -2.08. The molecule has 0 aliphatic rings. The Morgan fingerprint density at radius 2 is 2.28 bits per heavy atom. The Morgan fingerprint density at radius 3 is 2.94 bits per heavy atom. The zero-order chi connectivity index (χ0) is 13.1. The molecule has 0 saturated carbocycles. The quantitative estimate of drug-likeness (QED) is 0.663. The molecule has 0 fully saturated rings. The van der Waals surface area contributed by atoms with Gasteiger partial charge in [-0.05, 0) is 12.1 Å². The molecular formula is C13H14FN3O. The van der Waals surface area contributed by atoms with Crippen molar-refractivity contribution in [3.63, 3.8) is 0 Å². The van der Waals surface area contributed by atoms with E-state index >= 15 is 0 Å². The number of aromatic nitrogens is 2. The van der Waals surface area contributed by atoms with E-state index in [1.54, 1.807) is 12.3 Å². The Labute approximate surface area is 104 Å². The van der Waals surface area contributed by atoms with E-state index in [4.69, 9.17) is 5.73 Å². The molecule has 94 valence electrons. The summed E-state index contributed by atoms with van der Waals surface area (Å²) in [5.41, 5.74) is 5.70. The monoisotopic (exact) mass is 247 g/mol. The first kappa shape index (κ1) is 12.3. The minimum atomic E-state index is -0.558. The molecule has 0 radical (unpaired) electrons. The van der Waals surface area contributed by atoms with Crippen LogP contribution in [0.25, 0.3) is 0 Å². The molecule has 2 N–H and O–H groups in total. The lowest BCUT2D eigenvalue weighted by atomic mass is 10.0. The molecule has 0 atom stereocenters. The van der Waals surface area contributed by atoms with E-state index in [1.807, 2.05) is 17.8 Å². The smallest absolute Gasteiger partial charge is 0.165 e. The summed E-state index contributed by atoms with van der Waals surface area (Å²) in [6.45, 7) is 0. The highest BCUT2D eigenvalue weighted by Gasteiger charge is 2.13. The summed E-state index contributed by atoms with van der Waals surface area (Å²) in [5.74, 6) is 0.0890. The van der Waals surface area contributed by atoms with Crippen molar-refractivity contribution in [3.05, 3.63) is 47.8 Å². The maximum atomic E-state index is 13.2. The van der Waals surface area contributed by atoms with Crippen molar-refractivity contribution in [1.82, 2.24) is 9.55 Å². The number of halogens is 1. The number of nitrogens with two attached hydrogens (primary N) is 1. The molecule has 1 aromatic carbocycles. The normalized spacial score (nSPS) is 10.6. The first-order valence-corrected chi connectivity index (χ1v) is 5.63. The van der Waals surface area contributed by atoms with Crippen molar-refractivity contribution in [2.45, 2.75) is 12.8 Å². The van der Waals surface area contributed by atoms with Gasteiger partial charge < -0.3 is 10.3 Å². The maximum Gasteiger partial charge on any atom is 0.165 e. The summed E-state index contributed by atoms with van der Waals surface area (Å²) >= 11 is 0. The van der Waals surface area contributed by atoms with Gasteiger partial charge in [0.2, 0.25) is 0 Å². The van der Waals surface area contributed by atoms with Gasteiger partial charge in [0, 0.05) is 37.8 Å². The number of rotatable bonds is 4. The van der Waals surface area contributed by atoms with Crippen LogP contribution in [0.15, 0.2) is 30.6 Å². The predicted octanol–water partition coefficient (Wildman–Crippen LogP) is 1.96. The highest BCUT2D eigenvalue weighted by molar-refractivity contribution is 6.00. The van der Waals surface area contributed by atoms with Crippen LogP contribution in [0.2, 0.25) is 0 Å². The van der Waals surface area contributed by atoms with Crippen LogP contribution in [0.1, 0.15) is 22.6 Å². The van der Waals surface area contributed by atoms with Crippen molar-refractivity contribution in [3.8, 4) is 0 Å². The fourth-order valence-corrected chi connectivity index (χ4v) is 1.78. The van der Waals surface area contributed by atoms with Crippen LogP contribution in [0.5, 0.6) is 0 Å². The van der Waals surface area contributed by atoms with Gasteiger partial charge in [-0.15, -0.1) is 0 Å². The second-order valence-corrected chi connectivity index (χ2v) is 4.08. The minimum Gasteiger partial charge on any atom is -0.396 e. The molecule has 2 aromatic rings. The Hall–Kier alpha value is -2.17. The average molecular weight is 247 g/mol. The van der Waals surface area contributed by atoms with E-state index in [1.165, 1.54) is 12.1 Å². The summed E-state index contributed by atoms with van der Waals surface area (Å²) in [6.07, 6.45) is 4.27. The van der Waals surface area contributed by atoms with Crippen LogP contribution in [-0.4, -0.2) is 15.3 Å². The average Bonchev–Trinajstić information content (AvgIpc) is 2.75. The molecule has 0 unspecified atom stereocenters. The van der Waals surface area contributed by atoms with Gasteiger partial charge in [0.05, 0.1) is 5.69 Å². The topological polar surface area (TPSA) is 60.9 Å². The molecule has 0 saturated heterocycles. The predicted molar refractivity (Wildman–Crippen MR) is 66.7 cm³/mol. The van der Waals surface area contributed by atoms with Gasteiger partial charge in [0.1, 0.15) is 11.6 Å². The fourth-order valence-electron chi connectivity index (χ4n) is 1.78. The Kier molecular flexibility index (Phi) is 3.41. The van der Waals surface area contributed by atoms with Crippen molar-refractivity contribution >= 4 is 11.5 Å². The van der Waals surface area contributed by atoms with E-state index in [0.29, 0.717) is 6.42 Å². The van der Waals surface area contributed by atoms with Crippen LogP contribution in [0.4, 0.5) is 10.1 Å². The number of nitrogens with zero attached hydrogens (tertiary/aromatic N) is 2. The van der Waals surface area contributed by atoms with Crippen LogP contribution in [-0.2, 0) is 13.5 Å². The Morgan fingerprint density at radius 1 is 1.50 bits per heavy atom. The first-order chi connectivity index (χ1) is 8.59. The van der Waals surface area contributed by atoms with Gasteiger partial charge >= 0.3 is 0 Å². The number of nitrogen functional groups attached to an aromatic ring is 1. The van der Waals surface area contributed by atoms with Crippen molar-refractivity contribution in [2.75, 3.05) is 5.73 Å². The van der Waals surface area contributed by atoms with Gasteiger partial charge in [0.25, 0.3) is 0 Å². The maximum absolute atomic E-state index is 13.2. The molecule has 18 heavy (non-hydrogen) atoms. The number of hydrogen-bond acceptors (Lipinski definition) is 3. The summed E-state index contributed by atoms with van der Waals surface area (Å²) in [6, 6.07) is 4.27. The number of benzene rings is 1. The van der Waals surface area contributed by atoms with E-state index < -0.39 is 5.82 Å². The van der Waals surface area contributed by atoms with Crippen LogP contribution >= 0.6 is 0 Å². The molecule has 0 bridgehead atoms. The van der Waals surface area contributed by atoms with Crippen LogP contribution in [0.3, 0.4) is 0 Å². The molecular weight excluding hydrogens is 233 g/mol. The number of imidazole rings is 1. The molecule has 5 heteroatoms. The number of para-hydroxylation sites is 1. The van der Waals surface area contributed by atoms with Gasteiger partial charge in [-0.2, -0.15) is 0 Å². The number of hydrogen-bond donors (Lipinski definition) is 1. The number of carbonyl (C=O) groups is 1. The van der Waals surface area contributed by atoms with Gasteiger partial charge in [-0.1, -0.05) is 6.07 Å². The van der Waals surface area contributed by atoms with E-state index in [9.17, 15) is 9.18 Å². The number of Topliss-reactive ketones (excluding diaryl/α,β-unsaturated/α-hetero) is 1. The zero-order valence-electron chi connectivity index (χ0n) is 10.1. The molecule has 1 aromatic heterocycles. The third-order valence-corrected chi connectivity index (χ3v) is 2.85. The number of ketones is 1. The molecule has 1 heterocycles. The number of anilines is 1. The number of carbonyl (C=O) groups excluding carboxylic acids is 1. The lowest BCUT2D eigenvalue weighted by Gasteiger charge is -2.05. The molecule has 0 aliphatic heterocycles. The lowest BCUT2D eigenvalue weighted by molar-refractivity contribution is 0.0982. The standard InChI is InChI=1S/C13H14FN3O/c1-17-8-7-16-12(17)6-5-11(18)9-3-2-4-10(14)13(9)15/h2-4,7-8H,5-6,15H2,1H3. The summed E-state index contributed by atoms with van der Waals surface area (Å²) in [5, 5.41) is 0. The van der Waals surface area contributed by atoms with Crippen LogP contribution in [0, 0.1) is 5.82 Å². The Bertz CT molecular complexity index is 577. The third kappa shape index (κ3) is 2.40. The molecule has 2 rings (SSSR count). The van der Waals surface area contributed by atoms with E-state index in [-0.39, 0.29) is 23.5 Å². The van der Waals surface area contributed by atoms with Crippen molar-refractivity contribution in [1.29, 1.82) is 0 Å². The molecule has 0 spiro atoms. The second kappa shape index (κ2) is 5.00. The third-order valence-electron chi connectivity index (χ3n) is 2.85. The highest BCUT2D eigenvalue weighted by atomic mass is 19.1. The summed E-state index contributed by atoms with van der Waals surface area (Å²) in [4.78, 5) is 16.1. The summed E-state index contributed by atoms with van der Waals surface area (Å²) in [7, 11) is 1.86. The fraction of sp³-hybridized carbons (Fsp3) is 0.231. The Balaban J connectivity index is 2.09. The SMILES string of the molecule is Cn1ccnc1CCC(=O)c1cccc(F)c1N. The zero-order valence-corrected chi connectivity index (χ0v) is 10.1. The van der Waals surface area contributed by atoms with Crippen molar-refractivity contribution in [2.24, 2.45) is 7.05 Å². The minimum absolute atomic E-state index is 0.0812. The largest absolute Gasteiger partial charge is 0.396 e. The van der Waals surface area contributed by atoms with Gasteiger partial charge in [0.15, 0.2) is 5.78 Å². The molecule has 0 amide bonds. The highest BCUT2D eigenvalue weighted by Crippen LogP contribution is 2.18.